The van der Waals surface area contributed by atoms with Crippen LogP contribution in [0.2, 0.25) is 0 Å². The lowest BCUT2D eigenvalue weighted by Gasteiger charge is -2.50. The predicted molar refractivity (Wildman–Crippen MR) is 64.1 cm³/mol. The molecule has 0 aliphatic carbocycles. The molecule has 0 saturated carbocycles. The Kier molecular flexibility index (Phi) is 2.32. The van der Waals surface area contributed by atoms with Crippen molar-refractivity contribution in [1.82, 2.24) is 0 Å². The van der Waals surface area contributed by atoms with Crippen molar-refractivity contribution in [1.29, 1.82) is 0 Å². The first-order valence-corrected chi connectivity index (χ1v) is 6.37. The first kappa shape index (κ1) is 11.8. The number of hydrogen-bond acceptors (Lipinski definition) is 4. The molecule has 90 valence electrons. The van der Waals surface area contributed by atoms with Gasteiger partial charge in [0, 0.05) is 6.92 Å². The van der Waals surface area contributed by atoms with Gasteiger partial charge in [0.15, 0.2) is 11.5 Å². The Hall–Kier alpha value is -0.710. The molecule has 16 heavy (non-hydrogen) atoms. The first-order valence-electron chi connectivity index (χ1n) is 5.38. The fraction of sp³-hybridized carbons (Fsp3) is 0.818. The van der Waals surface area contributed by atoms with Gasteiger partial charge in [0.2, 0.25) is 5.54 Å². The van der Waals surface area contributed by atoms with Gasteiger partial charge in [-0.25, -0.2) is 9.79 Å². The molecule has 1 saturated heterocycles. The molecule has 2 atom stereocenters. The third kappa shape index (κ3) is 1.18. The summed E-state index contributed by atoms with van der Waals surface area (Å²) < 4.78 is 5.52. The summed E-state index contributed by atoms with van der Waals surface area (Å²) in [6.45, 7) is 7.66. The minimum absolute atomic E-state index is 0.259. The number of aliphatic imine (C=N–C) groups is 1. The first-order chi connectivity index (χ1) is 7.25. The molecule has 1 N–H and O–H groups in total. The fourth-order valence-corrected chi connectivity index (χ4v) is 4.04. The third-order valence-corrected chi connectivity index (χ3v) is 5.44. The minimum atomic E-state index is -1.11. The maximum absolute atomic E-state index is 11.6. The highest BCUT2D eigenvalue weighted by molar-refractivity contribution is 8.00. The van der Waals surface area contributed by atoms with Gasteiger partial charge in [-0.15, -0.1) is 0 Å². The minimum Gasteiger partial charge on any atom is -0.479 e. The van der Waals surface area contributed by atoms with Gasteiger partial charge < -0.3 is 9.84 Å². The van der Waals surface area contributed by atoms with E-state index >= 15 is 0 Å². The largest absolute Gasteiger partial charge is 0.479 e. The number of hydrogen-bond donors (Lipinski definition) is 1. The van der Waals surface area contributed by atoms with Crippen LogP contribution in [0.25, 0.3) is 0 Å². The van der Waals surface area contributed by atoms with Gasteiger partial charge in [-0.05, 0) is 32.9 Å². The summed E-state index contributed by atoms with van der Waals surface area (Å²) in [6.07, 6.45) is 0.532. The quantitative estimate of drug-likeness (QED) is 0.764. The number of rotatable bonds is 1. The maximum atomic E-state index is 11.6. The highest BCUT2D eigenvalue weighted by Crippen LogP contribution is 2.55. The molecular weight excluding hydrogens is 226 g/mol. The molecule has 4 nitrogen and oxygen atoms in total. The molecule has 5 heteroatoms. The maximum Gasteiger partial charge on any atom is 0.336 e. The van der Waals surface area contributed by atoms with Gasteiger partial charge in [0.1, 0.15) is 0 Å². The van der Waals surface area contributed by atoms with E-state index < -0.39 is 17.1 Å². The molecule has 0 aromatic heterocycles. The number of carboxylic acids is 1. The second-order valence-corrected chi connectivity index (χ2v) is 6.76. The van der Waals surface area contributed by atoms with Gasteiger partial charge in [-0.2, -0.15) is 11.8 Å². The summed E-state index contributed by atoms with van der Waals surface area (Å²) in [4.78, 5) is 15.9. The van der Waals surface area contributed by atoms with E-state index in [-0.39, 0.29) is 4.75 Å². The van der Waals surface area contributed by atoms with Crippen LogP contribution in [0, 0.1) is 0 Å². The number of carboxylic acid groups (broad SMARTS) is 1. The van der Waals surface area contributed by atoms with E-state index in [4.69, 9.17) is 4.74 Å². The summed E-state index contributed by atoms with van der Waals surface area (Å²) in [5.74, 6) is 0.412. The lowest BCUT2D eigenvalue weighted by Crippen LogP contribution is -2.66. The highest BCUT2D eigenvalue weighted by Gasteiger charge is 2.68. The zero-order valence-corrected chi connectivity index (χ0v) is 10.8. The summed E-state index contributed by atoms with van der Waals surface area (Å²) in [5, 5.41) is 9.52. The Labute approximate surface area is 99.5 Å². The molecular formula is C11H17NO3S. The summed E-state index contributed by atoms with van der Waals surface area (Å²) in [7, 11) is 0. The van der Waals surface area contributed by atoms with Gasteiger partial charge in [-0.1, -0.05) is 0 Å². The van der Waals surface area contributed by atoms with Crippen molar-refractivity contribution in [2.45, 2.75) is 50.0 Å². The van der Waals surface area contributed by atoms with E-state index in [0.717, 1.165) is 5.75 Å². The molecule has 0 radical (unpaired) electrons. The Morgan fingerprint density at radius 3 is 2.62 bits per heavy atom. The lowest BCUT2D eigenvalue weighted by atomic mass is 9.72. The molecule has 2 aliphatic rings. The molecule has 2 rings (SSSR count). The van der Waals surface area contributed by atoms with E-state index in [9.17, 15) is 9.90 Å². The average Bonchev–Trinajstić information content (AvgIpc) is 2.39. The van der Waals surface area contributed by atoms with Crippen molar-refractivity contribution in [3.8, 4) is 0 Å². The molecule has 0 amide bonds. The Bertz CT molecular complexity index is 379. The number of fused-ring (bicyclic) bond motifs is 1. The molecule has 2 unspecified atom stereocenters. The van der Waals surface area contributed by atoms with Crippen molar-refractivity contribution >= 4 is 23.6 Å². The zero-order chi connectivity index (χ0) is 12.2. The Morgan fingerprint density at radius 1 is 1.50 bits per heavy atom. The van der Waals surface area contributed by atoms with Crippen LogP contribution in [-0.4, -0.2) is 38.6 Å². The summed E-state index contributed by atoms with van der Waals surface area (Å²) in [5.41, 5.74) is -1.87. The Balaban J connectivity index is 2.57. The smallest absolute Gasteiger partial charge is 0.336 e. The van der Waals surface area contributed by atoms with Crippen molar-refractivity contribution in [2.24, 2.45) is 4.99 Å². The van der Waals surface area contributed by atoms with E-state index in [1.807, 2.05) is 20.8 Å². The van der Waals surface area contributed by atoms with Crippen LogP contribution in [0.1, 0.15) is 34.1 Å². The van der Waals surface area contributed by atoms with E-state index in [0.29, 0.717) is 12.3 Å². The van der Waals surface area contributed by atoms with E-state index in [1.165, 1.54) is 0 Å². The number of aliphatic carboxylic acids is 1. The van der Waals surface area contributed by atoms with Gasteiger partial charge >= 0.3 is 5.97 Å². The molecule has 1 fully saturated rings. The van der Waals surface area contributed by atoms with E-state index in [2.05, 4.69) is 4.99 Å². The monoisotopic (exact) mass is 243 g/mol. The fourth-order valence-electron chi connectivity index (χ4n) is 2.64. The van der Waals surface area contributed by atoms with Gasteiger partial charge in [-0.3, -0.25) is 0 Å². The SMILES string of the molecule is CC1=NC2(C(=O)O)CCSC(C)(C)C2(C)O1. The van der Waals surface area contributed by atoms with Crippen LogP contribution < -0.4 is 0 Å². The second-order valence-electron chi connectivity index (χ2n) is 5.04. The number of carbonyl (C=O) groups is 1. The molecule has 0 aromatic rings. The van der Waals surface area contributed by atoms with Crippen molar-refractivity contribution in [2.75, 3.05) is 5.75 Å². The molecule has 0 spiro atoms. The van der Waals surface area contributed by atoms with Crippen LogP contribution in [0.5, 0.6) is 0 Å². The predicted octanol–water partition coefficient (Wildman–Crippen LogP) is 1.93. The number of ether oxygens (including phenoxy) is 1. The normalized spacial score (nSPS) is 40.9. The average molecular weight is 243 g/mol. The Morgan fingerprint density at radius 2 is 2.12 bits per heavy atom. The van der Waals surface area contributed by atoms with Crippen LogP contribution in [-0.2, 0) is 9.53 Å². The summed E-state index contributed by atoms with van der Waals surface area (Å²) in [6, 6.07) is 0. The zero-order valence-electron chi connectivity index (χ0n) is 10.0. The van der Waals surface area contributed by atoms with Crippen LogP contribution in [0.4, 0.5) is 0 Å². The van der Waals surface area contributed by atoms with Crippen molar-refractivity contribution in [3.63, 3.8) is 0 Å². The highest BCUT2D eigenvalue weighted by atomic mass is 32.2. The van der Waals surface area contributed by atoms with Gasteiger partial charge in [0.25, 0.3) is 0 Å². The molecule has 0 bridgehead atoms. The second kappa shape index (κ2) is 3.15. The molecule has 2 aliphatic heterocycles. The van der Waals surface area contributed by atoms with Crippen molar-refractivity contribution < 1.29 is 14.6 Å². The number of nitrogens with zero attached hydrogens (tertiary/aromatic N) is 1. The topological polar surface area (TPSA) is 58.9 Å². The van der Waals surface area contributed by atoms with Crippen LogP contribution >= 0.6 is 11.8 Å². The standard InChI is InChI=1S/C11H17NO3S/c1-7-12-11(8(13)14)5-6-16-9(2,3)10(11,4)15-7/h5-6H2,1-4H3,(H,13,14). The van der Waals surface area contributed by atoms with E-state index in [1.54, 1.807) is 18.7 Å². The number of thioether (sulfide) groups is 1. The molecule has 0 aromatic carbocycles. The molecule has 2 heterocycles. The summed E-state index contributed by atoms with van der Waals surface area (Å²) >= 11 is 1.75. The van der Waals surface area contributed by atoms with Crippen LogP contribution in [0.15, 0.2) is 4.99 Å². The van der Waals surface area contributed by atoms with Crippen LogP contribution in [0.3, 0.4) is 0 Å². The van der Waals surface area contributed by atoms with Crippen molar-refractivity contribution in [3.05, 3.63) is 0 Å². The third-order valence-electron chi connectivity index (χ3n) is 3.92. The van der Waals surface area contributed by atoms with Gasteiger partial charge in [0.05, 0.1) is 4.75 Å². The lowest BCUT2D eigenvalue weighted by molar-refractivity contribution is -0.152.